The second-order valence-corrected chi connectivity index (χ2v) is 7.88. The molecule has 8 heteroatoms. The Labute approximate surface area is 161 Å². The van der Waals surface area contributed by atoms with Crippen molar-refractivity contribution in [2.45, 2.75) is 0 Å². The lowest BCUT2D eigenvalue weighted by atomic mass is 9.73. The van der Waals surface area contributed by atoms with Crippen molar-refractivity contribution in [1.29, 1.82) is 0 Å². The van der Waals surface area contributed by atoms with Crippen molar-refractivity contribution in [3.05, 3.63) is 47.4 Å². The van der Waals surface area contributed by atoms with Crippen LogP contribution < -0.4 is 14.5 Å². The molecule has 2 saturated heterocycles. The number of benzene rings is 1. The van der Waals surface area contributed by atoms with E-state index in [0.29, 0.717) is 42.8 Å². The van der Waals surface area contributed by atoms with Gasteiger partial charge in [0.15, 0.2) is 0 Å². The molecular weight excluding hydrogens is 371 g/mol. The molecule has 0 saturated carbocycles. The second kappa shape index (κ2) is 5.99. The zero-order valence-electron chi connectivity index (χ0n) is 14.6. The molecule has 0 bridgehead atoms. The standard InChI is InChI=1S/C19H18ClFN4O2/c20-13-1-2-15-16(7-13)27-6-5-25(15)18(26)24-11-19(12-24)9-23(10-19)17-8-14(21)3-4-22-17/h1-4,7-8H,5-6,9-12H2. The van der Waals surface area contributed by atoms with Crippen LogP contribution in [0.3, 0.4) is 0 Å². The van der Waals surface area contributed by atoms with Crippen molar-refractivity contribution in [3.63, 3.8) is 0 Å². The minimum atomic E-state index is -0.280. The minimum Gasteiger partial charge on any atom is -0.489 e. The van der Waals surface area contributed by atoms with E-state index in [1.807, 2.05) is 11.0 Å². The largest absolute Gasteiger partial charge is 0.489 e. The molecule has 3 aliphatic heterocycles. The van der Waals surface area contributed by atoms with Crippen molar-refractivity contribution >= 4 is 29.1 Å². The minimum absolute atomic E-state index is 0.00479. The van der Waals surface area contributed by atoms with Crippen LogP contribution in [0.15, 0.2) is 36.5 Å². The fourth-order valence-corrected chi connectivity index (χ4v) is 4.32. The summed E-state index contributed by atoms with van der Waals surface area (Å²) in [6.45, 7) is 3.98. The molecule has 2 amide bonds. The van der Waals surface area contributed by atoms with Crippen LogP contribution in [0.4, 0.5) is 20.7 Å². The molecule has 140 valence electrons. The van der Waals surface area contributed by atoms with Gasteiger partial charge >= 0.3 is 6.03 Å². The van der Waals surface area contributed by atoms with E-state index in [1.165, 1.54) is 18.3 Å². The molecule has 0 atom stereocenters. The highest BCUT2D eigenvalue weighted by atomic mass is 35.5. The SMILES string of the molecule is O=C(N1CC2(C1)CN(c1cc(F)ccn1)C2)N1CCOc2cc(Cl)ccc21. The Morgan fingerprint density at radius 3 is 2.78 bits per heavy atom. The number of pyridine rings is 1. The highest BCUT2D eigenvalue weighted by Crippen LogP contribution is 2.43. The third-order valence-electron chi connectivity index (χ3n) is 5.42. The first-order valence-electron chi connectivity index (χ1n) is 8.88. The number of anilines is 2. The number of halogens is 2. The number of ether oxygens (including phenoxy) is 1. The Morgan fingerprint density at radius 1 is 1.19 bits per heavy atom. The van der Waals surface area contributed by atoms with E-state index in [4.69, 9.17) is 16.3 Å². The van der Waals surface area contributed by atoms with Gasteiger partial charge in [-0.3, -0.25) is 4.90 Å². The van der Waals surface area contributed by atoms with Gasteiger partial charge in [0.2, 0.25) is 0 Å². The first kappa shape index (κ1) is 16.6. The number of carbonyl (C=O) groups is 1. The highest BCUT2D eigenvalue weighted by molar-refractivity contribution is 6.30. The van der Waals surface area contributed by atoms with Gasteiger partial charge in [-0.2, -0.15) is 0 Å². The molecule has 0 radical (unpaired) electrons. The van der Waals surface area contributed by atoms with E-state index < -0.39 is 0 Å². The number of urea groups is 1. The van der Waals surface area contributed by atoms with E-state index in [-0.39, 0.29) is 17.3 Å². The van der Waals surface area contributed by atoms with Gasteiger partial charge in [-0.05, 0) is 18.2 Å². The summed E-state index contributed by atoms with van der Waals surface area (Å²) in [5.74, 6) is 1.02. The van der Waals surface area contributed by atoms with E-state index in [1.54, 1.807) is 17.0 Å². The Morgan fingerprint density at radius 2 is 2.00 bits per heavy atom. The average molecular weight is 389 g/mol. The zero-order chi connectivity index (χ0) is 18.6. The van der Waals surface area contributed by atoms with Gasteiger partial charge in [0.1, 0.15) is 24.0 Å². The quantitative estimate of drug-likeness (QED) is 0.753. The summed E-state index contributed by atoms with van der Waals surface area (Å²) in [6.07, 6.45) is 1.48. The fourth-order valence-electron chi connectivity index (χ4n) is 4.15. The molecule has 2 fully saturated rings. The van der Waals surface area contributed by atoms with Crippen LogP contribution in [0.25, 0.3) is 0 Å². The summed E-state index contributed by atoms with van der Waals surface area (Å²) in [7, 11) is 0. The predicted molar refractivity (Wildman–Crippen MR) is 100 cm³/mol. The van der Waals surface area contributed by atoms with Gasteiger partial charge in [0.05, 0.1) is 12.2 Å². The molecule has 4 heterocycles. The molecule has 1 aromatic carbocycles. The van der Waals surface area contributed by atoms with Crippen LogP contribution in [0, 0.1) is 11.2 Å². The third-order valence-corrected chi connectivity index (χ3v) is 5.66. The first-order chi connectivity index (χ1) is 13.0. The number of amides is 2. The van der Waals surface area contributed by atoms with Gasteiger partial charge in [0.25, 0.3) is 0 Å². The summed E-state index contributed by atoms with van der Waals surface area (Å²) < 4.78 is 19.0. The molecule has 5 rings (SSSR count). The third kappa shape index (κ3) is 2.77. The van der Waals surface area contributed by atoms with Crippen LogP contribution in [0.5, 0.6) is 5.75 Å². The van der Waals surface area contributed by atoms with E-state index in [9.17, 15) is 9.18 Å². The van der Waals surface area contributed by atoms with Crippen LogP contribution in [-0.2, 0) is 0 Å². The lowest BCUT2D eigenvalue weighted by Gasteiger charge is -2.60. The summed E-state index contributed by atoms with van der Waals surface area (Å²) in [5.41, 5.74) is 0.856. The van der Waals surface area contributed by atoms with Gasteiger partial charge < -0.3 is 14.5 Å². The number of nitrogens with zero attached hydrogens (tertiary/aromatic N) is 4. The van der Waals surface area contributed by atoms with Gasteiger partial charge in [-0.15, -0.1) is 0 Å². The van der Waals surface area contributed by atoms with Crippen molar-refractivity contribution in [3.8, 4) is 5.75 Å². The van der Waals surface area contributed by atoms with Crippen molar-refractivity contribution < 1.29 is 13.9 Å². The highest BCUT2D eigenvalue weighted by Gasteiger charge is 2.54. The van der Waals surface area contributed by atoms with Crippen LogP contribution >= 0.6 is 11.6 Å². The van der Waals surface area contributed by atoms with Gasteiger partial charge in [-0.1, -0.05) is 11.6 Å². The van der Waals surface area contributed by atoms with E-state index >= 15 is 0 Å². The Bertz CT molecular complexity index is 910. The molecule has 0 aliphatic carbocycles. The molecule has 27 heavy (non-hydrogen) atoms. The Hall–Kier alpha value is -2.54. The van der Waals surface area contributed by atoms with Gasteiger partial charge in [0, 0.05) is 54.9 Å². The second-order valence-electron chi connectivity index (χ2n) is 7.44. The maximum absolute atomic E-state index is 13.4. The average Bonchev–Trinajstić information content (AvgIpc) is 2.58. The van der Waals surface area contributed by atoms with Crippen molar-refractivity contribution in [2.24, 2.45) is 5.41 Å². The molecular formula is C19H18ClFN4O2. The molecule has 2 aromatic rings. The smallest absolute Gasteiger partial charge is 0.324 e. The van der Waals surface area contributed by atoms with Crippen molar-refractivity contribution in [2.75, 3.05) is 49.1 Å². The Kier molecular flexibility index (Phi) is 3.69. The number of fused-ring (bicyclic) bond motifs is 1. The molecule has 0 N–H and O–H groups in total. The molecule has 3 aliphatic rings. The summed E-state index contributed by atoms with van der Waals surface area (Å²) >= 11 is 6.02. The number of likely N-dealkylation sites (tertiary alicyclic amines) is 1. The topological polar surface area (TPSA) is 48.9 Å². The number of aromatic nitrogens is 1. The van der Waals surface area contributed by atoms with Crippen LogP contribution in [0.1, 0.15) is 0 Å². The summed E-state index contributed by atoms with van der Waals surface area (Å²) in [4.78, 5) is 22.8. The number of hydrogen-bond acceptors (Lipinski definition) is 4. The van der Waals surface area contributed by atoms with Crippen molar-refractivity contribution in [1.82, 2.24) is 9.88 Å². The fraction of sp³-hybridized carbons (Fsp3) is 0.368. The molecule has 6 nitrogen and oxygen atoms in total. The Balaban J connectivity index is 1.23. The molecule has 0 unspecified atom stereocenters. The number of hydrogen-bond donors (Lipinski definition) is 0. The van der Waals surface area contributed by atoms with E-state index in [2.05, 4.69) is 9.88 Å². The first-order valence-corrected chi connectivity index (χ1v) is 9.26. The van der Waals surface area contributed by atoms with Crippen LogP contribution in [0.2, 0.25) is 5.02 Å². The van der Waals surface area contributed by atoms with Crippen LogP contribution in [-0.4, -0.2) is 55.2 Å². The molecule has 1 spiro atoms. The molecule has 1 aromatic heterocycles. The number of carbonyl (C=O) groups excluding carboxylic acids is 1. The maximum atomic E-state index is 13.4. The predicted octanol–water partition coefficient (Wildman–Crippen LogP) is 3.02. The zero-order valence-corrected chi connectivity index (χ0v) is 15.3. The maximum Gasteiger partial charge on any atom is 0.324 e. The number of rotatable bonds is 1. The van der Waals surface area contributed by atoms with E-state index in [0.717, 1.165) is 18.8 Å². The summed E-state index contributed by atoms with van der Waals surface area (Å²) in [6, 6.07) is 8.12. The monoisotopic (exact) mass is 388 g/mol. The van der Waals surface area contributed by atoms with Gasteiger partial charge in [-0.25, -0.2) is 14.2 Å². The summed E-state index contributed by atoms with van der Waals surface area (Å²) in [5, 5.41) is 0.589. The lowest BCUT2D eigenvalue weighted by molar-refractivity contribution is 0.00926. The normalized spacial score (nSPS) is 19.9. The lowest BCUT2D eigenvalue weighted by Crippen LogP contribution is -2.74.